The molecule has 0 bridgehead atoms. The zero-order chi connectivity index (χ0) is 19.3. The van der Waals surface area contributed by atoms with Crippen LogP contribution in [0.15, 0.2) is 53.0 Å². The van der Waals surface area contributed by atoms with E-state index in [0.29, 0.717) is 12.9 Å². The number of rotatable bonds is 4. The number of nitrogens with two attached hydrogens (primary N) is 3. The number of fused-ring (bicyclic) bond motifs is 1. The number of aromatic nitrogens is 2. The molecule has 0 spiro atoms. The summed E-state index contributed by atoms with van der Waals surface area (Å²) in [6, 6.07) is 3.08. The molecule has 0 unspecified atom stereocenters. The van der Waals surface area contributed by atoms with Crippen molar-refractivity contribution in [2.45, 2.75) is 0 Å². The van der Waals surface area contributed by atoms with Gasteiger partial charge in [0.15, 0.2) is 0 Å². The average Bonchev–Trinajstić information content (AvgIpc) is 3.24. The minimum atomic E-state index is -0.634. The van der Waals surface area contributed by atoms with Crippen molar-refractivity contribution in [2.75, 3.05) is 7.18 Å². The van der Waals surface area contributed by atoms with Gasteiger partial charge in [0.1, 0.15) is 29.4 Å². The van der Waals surface area contributed by atoms with Crippen molar-refractivity contribution in [2.24, 2.45) is 17.3 Å². The maximum Gasteiger partial charge on any atom is 0.306 e. The lowest BCUT2D eigenvalue weighted by molar-refractivity contribution is 0.594. The Kier molecular flexibility index (Phi) is 5.91. The summed E-state index contributed by atoms with van der Waals surface area (Å²) < 4.78 is 43.9. The normalized spacial score (nSPS) is 12.0. The van der Waals surface area contributed by atoms with Crippen molar-refractivity contribution in [3.8, 4) is 11.3 Å². The van der Waals surface area contributed by atoms with Crippen LogP contribution in [0.1, 0.15) is 5.69 Å². The number of hydrogen-bond acceptors (Lipinski definition) is 6. The molecule has 0 aliphatic rings. The molecular formula is C16H17F3N6O. The Balaban J connectivity index is 0.00000117. The Morgan fingerprint density at radius 2 is 1.96 bits per heavy atom. The summed E-state index contributed by atoms with van der Waals surface area (Å²) in [5.74, 6) is 4.30. The number of imidazole rings is 1. The van der Waals surface area contributed by atoms with Gasteiger partial charge in [-0.2, -0.15) is 4.98 Å². The van der Waals surface area contributed by atoms with Gasteiger partial charge in [-0.25, -0.2) is 14.6 Å². The molecule has 0 aliphatic heterocycles. The van der Waals surface area contributed by atoms with Crippen LogP contribution < -0.4 is 22.7 Å². The smallest absolute Gasteiger partial charge is 0.306 e. The molecule has 2 aromatic heterocycles. The molecule has 10 heteroatoms. The minimum Gasteiger partial charge on any atom is -0.432 e. The first-order valence-electron chi connectivity index (χ1n) is 7.20. The first-order valence-corrected chi connectivity index (χ1v) is 7.20. The van der Waals surface area contributed by atoms with Crippen molar-refractivity contribution in [3.05, 3.63) is 66.0 Å². The molecule has 1 aromatic carbocycles. The van der Waals surface area contributed by atoms with Gasteiger partial charge >= 0.3 is 5.84 Å². The predicted octanol–water partition coefficient (Wildman–Crippen LogP) is 2.02. The second-order valence-corrected chi connectivity index (χ2v) is 4.88. The summed E-state index contributed by atoms with van der Waals surface area (Å²) >= 11 is 0. The number of allylic oxidation sites excluding steroid dienone is 2. The zero-order valence-corrected chi connectivity index (χ0v) is 13.7. The summed E-state index contributed by atoms with van der Waals surface area (Å²) in [5.41, 5.74) is 14.5. The van der Waals surface area contributed by atoms with Crippen LogP contribution >= 0.6 is 0 Å². The molecular weight excluding hydrogens is 349 g/mol. The molecule has 0 amide bonds. The third kappa shape index (κ3) is 3.64. The van der Waals surface area contributed by atoms with Gasteiger partial charge < -0.3 is 21.3 Å². The van der Waals surface area contributed by atoms with Gasteiger partial charge in [-0.1, -0.05) is 0 Å². The molecule has 7 N–H and O–H groups in total. The Morgan fingerprint density at radius 3 is 2.65 bits per heavy atom. The lowest BCUT2D eigenvalue weighted by Crippen LogP contribution is -2.26. The second kappa shape index (κ2) is 8.12. The van der Waals surface area contributed by atoms with E-state index in [1.54, 1.807) is 6.20 Å². The average molecular weight is 366 g/mol. The number of oxazole rings is 1. The summed E-state index contributed by atoms with van der Waals surface area (Å²) in [7, 11) is 0.500. The molecule has 0 aliphatic carbocycles. The largest absolute Gasteiger partial charge is 0.432 e. The fraction of sp³-hybridized carbons (Fsp3) is 0.0625. The van der Waals surface area contributed by atoms with Gasteiger partial charge in [-0.05, 0) is 30.4 Å². The molecule has 3 aromatic rings. The molecule has 138 valence electrons. The Hall–Kier alpha value is -3.40. The van der Waals surface area contributed by atoms with Crippen molar-refractivity contribution < 1.29 is 17.6 Å². The van der Waals surface area contributed by atoms with Crippen LogP contribution in [0.3, 0.4) is 0 Å². The van der Waals surface area contributed by atoms with Gasteiger partial charge in [-0.3, -0.25) is 8.79 Å². The van der Waals surface area contributed by atoms with E-state index in [-0.39, 0.29) is 28.6 Å². The lowest BCUT2D eigenvalue weighted by Gasteiger charge is -2.06. The van der Waals surface area contributed by atoms with Crippen LogP contribution in [-0.2, 0) is 0 Å². The molecule has 0 fully saturated rings. The van der Waals surface area contributed by atoms with Crippen LogP contribution in [-0.4, -0.2) is 16.6 Å². The van der Waals surface area contributed by atoms with Gasteiger partial charge in [-0.15, -0.1) is 0 Å². The Morgan fingerprint density at radius 1 is 1.23 bits per heavy atom. The summed E-state index contributed by atoms with van der Waals surface area (Å²) in [4.78, 5) is 4.19. The number of nitrogens with one attached hydrogen (secondary N) is 1. The third-order valence-electron chi connectivity index (χ3n) is 3.33. The fourth-order valence-electron chi connectivity index (χ4n) is 2.23. The maximum atomic E-state index is 14.1. The molecule has 0 saturated carbocycles. The highest BCUT2D eigenvalue weighted by atomic mass is 19.1. The zero-order valence-electron chi connectivity index (χ0n) is 13.7. The van der Waals surface area contributed by atoms with Crippen molar-refractivity contribution in [1.82, 2.24) is 14.8 Å². The topological polar surface area (TPSA) is 121 Å². The van der Waals surface area contributed by atoms with Crippen LogP contribution in [0.5, 0.6) is 0 Å². The van der Waals surface area contributed by atoms with E-state index in [1.807, 2.05) is 0 Å². The minimum absolute atomic E-state index is 0.0332. The molecule has 7 nitrogen and oxygen atoms in total. The van der Waals surface area contributed by atoms with E-state index < -0.39 is 11.6 Å². The van der Waals surface area contributed by atoms with Crippen molar-refractivity contribution in [3.63, 3.8) is 0 Å². The first-order chi connectivity index (χ1) is 12.5. The number of hydrazine groups is 1. The number of hydrogen-bond donors (Lipinski definition) is 4. The number of nitrogens with zero attached hydrogens (tertiary/aromatic N) is 2. The van der Waals surface area contributed by atoms with Gasteiger partial charge in [0.25, 0.3) is 0 Å². The van der Waals surface area contributed by atoms with Crippen LogP contribution in [0.4, 0.5) is 13.2 Å². The van der Waals surface area contributed by atoms with E-state index in [2.05, 4.69) is 10.4 Å². The molecule has 3 rings (SSSR count). The summed E-state index contributed by atoms with van der Waals surface area (Å²) in [6.45, 7) is 0. The van der Waals surface area contributed by atoms with E-state index in [0.717, 1.165) is 18.2 Å². The predicted molar refractivity (Wildman–Crippen MR) is 91.6 cm³/mol. The van der Waals surface area contributed by atoms with Crippen molar-refractivity contribution >= 4 is 11.5 Å². The number of benzene rings is 1. The third-order valence-corrected chi connectivity index (χ3v) is 3.33. The monoisotopic (exact) mass is 366 g/mol. The van der Waals surface area contributed by atoms with Gasteiger partial charge in [0.2, 0.25) is 0 Å². The van der Waals surface area contributed by atoms with Crippen molar-refractivity contribution in [1.29, 1.82) is 0 Å². The van der Waals surface area contributed by atoms with Crippen LogP contribution in [0.25, 0.3) is 22.8 Å². The highest BCUT2D eigenvalue weighted by molar-refractivity contribution is 5.79. The highest BCUT2D eigenvalue weighted by Gasteiger charge is 2.20. The fourth-order valence-corrected chi connectivity index (χ4v) is 2.23. The van der Waals surface area contributed by atoms with E-state index in [1.165, 1.54) is 22.8 Å². The van der Waals surface area contributed by atoms with E-state index in [9.17, 15) is 13.2 Å². The van der Waals surface area contributed by atoms with Crippen LogP contribution in [0, 0.1) is 11.6 Å². The Labute approximate surface area is 146 Å². The van der Waals surface area contributed by atoms with E-state index in [4.69, 9.17) is 21.7 Å². The quantitative estimate of drug-likeness (QED) is 0.318. The molecule has 0 atom stereocenters. The second-order valence-electron chi connectivity index (χ2n) is 4.88. The highest BCUT2D eigenvalue weighted by Crippen LogP contribution is 2.30. The van der Waals surface area contributed by atoms with Gasteiger partial charge in [0, 0.05) is 11.8 Å². The Bertz CT molecular complexity index is 960. The van der Waals surface area contributed by atoms with Crippen LogP contribution in [0.2, 0.25) is 0 Å². The first kappa shape index (κ1) is 18.9. The SMILES string of the molecule is CF.NN/C(N)=C/C=C(\N)c1c(-c2cc(F)ccc2F)nc2occn12. The van der Waals surface area contributed by atoms with E-state index >= 15 is 0 Å². The molecule has 26 heavy (non-hydrogen) atoms. The standard InChI is InChI=1S/C15H14F2N6O.CH3F/c16-8-1-2-10(17)9(7-8)13-14(11(18)3-4-12(19)22-20)23-5-6-24-15(23)21-13;1-2/h1-7,22H,18-20H2;1H3/b11-3-,12-4+;. The maximum absolute atomic E-state index is 14.1. The summed E-state index contributed by atoms with van der Waals surface area (Å²) in [6.07, 6.45) is 5.86. The number of alkyl halides is 1. The lowest BCUT2D eigenvalue weighted by atomic mass is 10.1. The molecule has 2 heterocycles. The molecule has 0 saturated heterocycles. The summed E-state index contributed by atoms with van der Waals surface area (Å²) in [5, 5.41) is 0. The van der Waals surface area contributed by atoms with Gasteiger partial charge in [0.05, 0.1) is 18.6 Å². The number of halogens is 3. The molecule has 0 radical (unpaired) electrons.